The second-order valence-electron chi connectivity index (χ2n) is 15.0. The van der Waals surface area contributed by atoms with Gasteiger partial charge in [0.1, 0.15) is 5.78 Å². The van der Waals surface area contributed by atoms with E-state index in [0.29, 0.717) is 47.4 Å². The molecule has 3 heteroatoms. The summed E-state index contributed by atoms with van der Waals surface area (Å²) >= 11 is 0. The lowest BCUT2D eigenvalue weighted by Gasteiger charge is -2.72. The Morgan fingerprint density at radius 3 is 2.26 bits per heavy atom. The van der Waals surface area contributed by atoms with Crippen molar-refractivity contribution in [3.05, 3.63) is 12.2 Å². The largest absolute Gasteiger partial charge is 0.465 e. The number of rotatable bonds is 3. The highest BCUT2D eigenvalue weighted by atomic mass is 16.5. The Balaban J connectivity index is 1.53. The summed E-state index contributed by atoms with van der Waals surface area (Å²) in [4.78, 5) is 24.8. The first-order valence-electron chi connectivity index (χ1n) is 14.5. The van der Waals surface area contributed by atoms with E-state index < -0.39 is 0 Å². The number of carbonyl (C=O) groups is 2. The number of esters is 1. The summed E-state index contributed by atoms with van der Waals surface area (Å²) in [5, 5.41) is 0. The Morgan fingerprint density at radius 2 is 1.60 bits per heavy atom. The number of carbonyl (C=O) groups excluding carboxylic acids is 2. The number of fused-ring (bicyclic) bond motifs is 7. The SMILES string of the molecule is C=C(C)[C@@H]1CCC2(COC(C)=O)CC[C@]3(C)C(CCC4[C@@]5(C)CCC(=O)C(C)(C)C5CC[C@]43C)C12. The summed E-state index contributed by atoms with van der Waals surface area (Å²) in [7, 11) is 0. The summed E-state index contributed by atoms with van der Waals surface area (Å²) in [6.07, 6.45) is 11.6. The van der Waals surface area contributed by atoms with Crippen molar-refractivity contribution in [3.8, 4) is 0 Å². The Labute approximate surface area is 214 Å². The molecule has 0 aromatic carbocycles. The summed E-state index contributed by atoms with van der Waals surface area (Å²) in [6, 6.07) is 0. The van der Waals surface area contributed by atoms with E-state index in [1.807, 2.05) is 0 Å². The van der Waals surface area contributed by atoms with E-state index in [9.17, 15) is 9.59 Å². The van der Waals surface area contributed by atoms with Crippen LogP contribution in [0.5, 0.6) is 0 Å². The van der Waals surface area contributed by atoms with E-state index in [-0.39, 0.29) is 27.6 Å². The van der Waals surface area contributed by atoms with Crippen LogP contribution in [0.15, 0.2) is 12.2 Å². The molecule has 196 valence electrons. The van der Waals surface area contributed by atoms with E-state index in [1.165, 1.54) is 56.9 Å². The fourth-order valence-electron chi connectivity index (χ4n) is 11.6. The number of hydrogen-bond acceptors (Lipinski definition) is 3. The zero-order valence-corrected chi connectivity index (χ0v) is 23.6. The summed E-state index contributed by atoms with van der Waals surface area (Å²) in [5.74, 6) is 3.34. The quantitative estimate of drug-likeness (QED) is 0.305. The predicted octanol–water partition coefficient (Wildman–Crippen LogP) is 7.78. The fraction of sp³-hybridized carbons (Fsp3) is 0.875. The molecular weight excluding hydrogens is 432 g/mol. The first kappa shape index (κ1) is 25.5. The molecule has 5 rings (SSSR count). The molecule has 35 heavy (non-hydrogen) atoms. The van der Waals surface area contributed by atoms with Crippen molar-refractivity contribution < 1.29 is 14.3 Å². The Kier molecular flexibility index (Phi) is 5.79. The lowest BCUT2D eigenvalue weighted by Crippen LogP contribution is -2.66. The van der Waals surface area contributed by atoms with Crippen LogP contribution >= 0.6 is 0 Å². The maximum absolute atomic E-state index is 13.0. The van der Waals surface area contributed by atoms with E-state index in [2.05, 4.69) is 48.1 Å². The van der Waals surface area contributed by atoms with Gasteiger partial charge in [0.05, 0.1) is 6.61 Å². The summed E-state index contributed by atoms with van der Waals surface area (Å²) in [6.45, 7) is 21.2. The van der Waals surface area contributed by atoms with Crippen molar-refractivity contribution >= 4 is 11.8 Å². The van der Waals surface area contributed by atoms with E-state index >= 15 is 0 Å². The zero-order chi connectivity index (χ0) is 25.6. The van der Waals surface area contributed by atoms with Crippen LogP contribution in [0.1, 0.15) is 113 Å². The molecule has 0 heterocycles. The molecule has 9 atom stereocenters. The van der Waals surface area contributed by atoms with E-state index in [4.69, 9.17) is 4.74 Å². The average Bonchev–Trinajstić information content (AvgIpc) is 3.16. The van der Waals surface area contributed by atoms with Gasteiger partial charge in [-0.15, -0.1) is 0 Å². The average molecular weight is 483 g/mol. The molecule has 0 bridgehead atoms. The van der Waals surface area contributed by atoms with Gasteiger partial charge in [-0.25, -0.2) is 0 Å². The van der Waals surface area contributed by atoms with Gasteiger partial charge >= 0.3 is 5.97 Å². The monoisotopic (exact) mass is 482 g/mol. The first-order valence-corrected chi connectivity index (χ1v) is 14.5. The third kappa shape index (κ3) is 3.27. The fourth-order valence-corrected chi connectivity index (χ4v) is 11.6. The number of hydrogen-bond donors (Lipinski definition) is 0. The maximum atomic E-state index is 13.0. The van der Waals surface area contributed by atoms with Crippen molar-refractivity contribution in [2.24, 2.45) is 56.7 Å². The molecule has 0 radical (unpaired) electrons. The zero-order valence-electron chi connectivity index (χ0n) is 23.6. The van der Waals surface area contributed by atoms with E-state index in [0.717, 1.165) is 12.8 Å². The van der Waals surface area contributed by atoms with Gasteiger partial charge in [-0.2, -0.15) is 0 Å². The molecule has 0 aromatic heterocycles. The van der Waals surface area contributed by atoms with Crippen LogP contribution in [0.3, 0.4) is 0 Å². The van der Waals surface area contributed by atoms with Crippen LogP contribution in [0.4, 0.5) is 0 Å². The van der Waals surface area contributed by atoms with Crippen LogP contribution in [0.25, 0.3) is 0 Å². The molecule has 5 fully saturated rings. The minimum atomic E-state index is -0.186. The van der Waals surface area contributed by atoms with Crippen LogP contribution in [0, 0.1) is 56.7 Å². The lowest BCUT2D eigenvalue weighted by molar-refractivity contribution is -0.237. The molecule has 0 aliphatic heterocycles. The molecule has 0 aromatic rings. The molecule has 0 spiro atoms. The molecule has 0 saturated heterocycles. The molecule has 5 unspecified atom stereocenters. The standard InChI is InChI=1S/C32H50O3/c1-20(2)22-11-16-32(19-35-21(3)33)18-17-30(7)23(27(22)32)9-10-25-29(6)14-13-26(34)28(4,5)24(29)12-15-31(25,30)8/h22-25,27H,1,9-19H2,2-8H3/t22-,23?,24?,25?,27?,29-,30+,31+,32?/m0/s1. The second-order valence-corrected chi connectivity index (χ2v) is 15.0. The highest BCUT2D eigenvalue weighted by Crippen LogP contribution is 2.77. The van der Waals surface area contributed by atoms with Crippen molar-refractivity contribution in [2.45, 2.75) is 113 Å². The number of ketones is 1. The van der Waals surface area contributed by atoms with Crippen molar-refractivity contribution in [1.29, 1.82) is 0 Å². The molecule has 5 aliphatic rings. The lowest BCUT2D eigenvalue weighted by atomic mass is 9.32. The Hall–Kier alpha value is -1.12. The molecular formula is C32H50O3. The minimum absolute atomic E-state index is 0.128. The van der Waals surface area contributed by atoms with Gasteiger partial charge in [0.25, 0.3) is 0 Å². The Morgan fingerprint density at radius 1 is 0.886 bits per heavy atom. The Bertz CT molecular complexity index is 933. The highest BCUT2D eigenvalue weighted by Gasteiger charge is 2.71. The van der Waals surface area contributed by atoms with Gasteiger partial charge in [0.15, 0.2) is 0 Å². The predicted molar refractivity (Wildman–Crippen MR) is 141 cm³/mol. The van der Waals surface area contributed by atoms with Crippen LogP contribution in [0.2, 0.25) is 0 Å². The highest BCUT2D eigenvalue weighted by molar-refractivity contribution is 5.85. The number of allylic oxidation sites excluding steroid dienone is 1. The van der Waals surface area contributed by atoms with Gasteiger partial charge in [0.2, 0.25) is 0 Å². The molecule has 5 aliphatic carbocycles. The van der Waals surface area contributed by atoms with E-state index in [1.54, 1.807) is 6.92 Å². The topological polar surface area (TPSA) is 43.4 Å². The van der Waals surface area contributed by atoms with Gasteiger partial charge in [0, 0.05) is 24.2 Å². The van der Waals surface area contributed by atoms with Crippen LogP contribution in [-0.4, -0.2) is 18.4 Å². The van der Waals surface area contributed by atoms with Crippen molar-refractivity contribution in [1.82, 2.24) is 0 Å². The van der Waals surface area contributed by atoms with Crippen LogP contribution in [-0.2, 0) is 14.3 Å². The maximum Gasteiger partial charge on any atom is 0.302 e. The summed E-state index contributed by atoms with van der Waals surface area (Å²) in [5.41, 5.74) is 2.12. The normalized spacial score (nSPS) is 50.4. The molecule has 0 amide bonds. The van der Waals surface area contributed by atoms with Crippen molar-refractivity contribution in [3.63, 3.8) is 0 Å². The first-order chi connectivity index (χ1) is 16.2. The van der Waals surface area contributed by atoms with Gasteiger partial charge in [-0.05, 0) is 111 Å². The van der Waals surface area contributed by atoms with Gasteiger partial charge in [-0.1, -0.05) is 46.8 Å². The van der Waals surface area contributed by atoms with Gasteiger partial charge < -0.3 is 4.74 Å². The minimum Gasteiger partial charge on any atom is -0.465 e. The third-order valence-corrected chi connectivity index (χ3v) is 13.5. The molecule has 3 nitrogen and oxygen atoms in total. The smallest absolute Gasteiger partial charge is 0.302 e. The van der Waals surface area contributed by atoms with Crippen molar-refractivity contribution in [2.75, 3.05) is 6.61 Å². The molecule has 5 saturated carbocycles. The molecule has 0 N–H and O–H groups in total. The number of ether oxygens (including phenoxy) is 1. The third-order valence-electron chi connectivity index (χ3n) is 13.5. The number of Topliss-reactive ketones (excluding diaryl/α,β-unsaturated/α-hetero) is 1. The second kappa shape index (κ2) is 7.94. The van der Waals surface area contributed by atoms with Crippen LogP contribution < -0.4 is 0 Å². The van der Waals surface area contributed by atoms with Gasteiger partial charge in [-0.3, -0.25) is 9.59 Å². The summed E-state index contributed by atoms with van der Waals surface area (Å²) < 4.78 is 5.78.